The number of amides is 1. The van der Waals surface area contributed by atoms with Crippen molar-refractivity contribution in [3.8, 4) is 5.75 Å². The maximum Gasteiger partial charge on any atom is 0.411 e. The maximum atomic E-state index is 10.9. The van der Waals surface area contributed by atoms with Crippen LogP contribution >= 0.6 is 0 Å². The molecule has 0 unspecified atom stereocenters. The van der Waals surface area contributed by atoms with E-state index >= 15 is 0 Å². The minimum Gasteiger partial charge on any atom is -0.490 e. The summed E-state index contributed by atoms with van der Waals surface area (Å²) in [5.41, 5.74) is 6.66. The molecule has 5 heteroatoms. The van der Waals surface area contributed by atoms with Gasteiger partial charge in [-0.3, -0.25) is 4.90 Å². The number of benzene rings is 1. The summed E-state index contributed by atoms with van der Waals surface area (Å²) in [6.07, 6.45) is 3.72. The van der Waals surface area contributed by atoms with E-state index in [1.54, 1.807) is 18.2 Å². The molecule has 0 aliphatic heterocycles. The van der Waals surface area contributed by atoms with Crippen molar-refractivity contribution >= 4 is 17.5 Å². The van der Waals surface area contributed by atoms with Gasteiger partial charge < -0.3 is 15.6 Å². The molecule has 0 radical (unpaired) electrons. The molecule has 0 heterocycles. The second kappa shape index (κ2) is 5.16. The van der Waals surface area contributed by atoms with Crippen molar-refractivity contribution < 1.29 is 14.6 Å². The minimum atomic E-state index is -1.04. The summed E-state index contributed by atoms with van der Waals surface area (Å²) in [6.45, 7) is 0. The average molecular weight is 250 g/mol. The zero-order valence-electron chi connectivity index (χ0n) is 10.4. The number of ether oxygens (including phenoxy) is 1. The Morgan fingerprint density at radius 3 is 2.72 bits per heavy atom. The van der Waals surface area contributed by atoms with Gasteiger partial charge in [-0.1, -0.05) is 0 Å². The van der Waals surface area contributed by atoms with Crippen LogP contribution in [0.3, 0.4) is 0 Å². The fourth-order valence-corrected chi connectivity index (χ4v) is 2.19. The molecular formula is C13H18N2O3. The van der Waals surface area contributed by atoms with Crippen molar-refractivity contribution in [2.24, 2.45) is 0 Å². The molecule has 1 aromatic carbocycles. The first kappa shape index (κ1) is 12.5. The van der Waals surface area contributed by atoms with Crippen molar-refractivity contribution in [1.29, 1.82) is 0 Å². The van der Waals surface area contributed by atoms with Crippen LogP contribution in [0.25, 0.3) is 0 Å². The van der Waals surface area contributed by atoms with E-state index in [0.717, 1.165) is 17.7 Å². The number of nitrogens with zero attached hydrogens (tertiary/aromatic N) is 1. The highest BCUT2D eigenvalue weighted by atomic mass is 16.5. The zero-order chi connectivity index (χ0) is 13.1. The van der Waals surface area contributed by atoms with Crippen LogP contribution in [0, 0.1) is 0 Å². The summed E-state index contributed by atoms with van der Waals surface area (Å²) < 4.78 is 5.83. The molecule has 3 N–H and O–H groups in total. The largest absolute Gasteiger partial charge is 0.490 e. The molecule has 2 rings (SSSR count). The van der Waals surface area contributed by atoms with Gasteiger partial charge >= 0.3 is 6.09 Å². The van der Waals surface area contributed by atoms with Gasteiger partial charge in [-0.05, 0) is 37.8 Å². The van der Waals surface area contributed by atoms with E-state index in [1.807, 2.05) is 0 Å². The topological polar surface area (TPSA) is 75.8 Å². The molecular weight excluding hydrogens is 232 g/mol. The number of nitrogens with two attached hydrogens (primary N) is 1. The number of nitrogen functional groups attached to an aromatic ring is 1. The van der Waals surface area contributed by atoms with E-state index in [9.17, 15) is 4.79 Å². The summed E-state index contributed by atoms with van der Waals surface area (Å²) in [6, 6.07) is 5.15. The second-order valence-electron chi connectivity index (χ2n) is 4.59. The summed E-state index contributed by atoms with van der Waals surface area (Å²) in [5.74, 6) is 0.680. The Kier molecular flexibility index (Phi) is 3.60. The van der Waals surface area contributed by atoms with Gasteiger partial charge in [-0.25, -0.2) is 4.79 Å². The van der Waals surface area contributed by atoms with Crippen LogP contribution in [0.5, 0.6) is 5.75 Å². The predicted octanol–water partition coefficient (Wildman–Crippen LogP) is 2.70. The van der Waals surface area contributed by atoms with E-state index in [4.69, 9.17) is 15.6 Å². The summed E-state index contributed by atoms with van der Waals surface area (Å²) in [7, 11) is 1.47. The number of anilines is 2. The molecule has 1 aromatic rings. The molecule has 98 valence electrons. The fraction of sp³-hybridized carbons (Fsp3) is 0.462. The van der Waals surface area contributed by atoms with Gasteiger partial charge in [0.25, 0.3) is 0 Å². The van der Waals surface area contributed by atoms with Crippen molar-refractivity contribution in [3.63, 3.8) is 0 Å². The molecule has 1 amide bonds. The summed E-state index contributed by atoms with van der Waals surface area (Å²) in [5, 5.41) is 8.96. The Balaban J connectivity index is 2.17. The van der Waals surface area contributed by atoms with Gasteiger partial charge in [0.15, 0.2) is 0 Å². The third-order valence-electron chi connectivity index (χ3n) is 3.26. The van der Waals surface area contributed by atoms with Crippen LogP contribution in [-0.4, -0.2) is 24.4 Å². The molecule has 0 spiro atoms. The Labute approximate surface area is 106 Å². The highest BCUT2D eigenvalue weighted by Gasteiger charge is 2.18. The van der Waals surface area contributed by atoms with Crippen molar-refractivity contribution in [1.82, 2.24) is 0 Å². The van der Waals surface area contributed by atoms with E-state index in [0.29, 0.717) is 17.1 Å². The third-order valence-corrected chi connectivity index (χ3v) is 3.26. The normalized spacial score (nSPS) is 15.6. The number of carbonyl (C=O) groups is 1. The Hall–Kier alpha value is -1.91. The quantitative estimate of drug-likeness (QED) is 0.809. The lowest BCUT2D eigenvalue weighted by Crippen LogP contribution is -2.24. The lowest BCUT2D eigenvalue weighted by atomic mass is 10.2. The number of hydrogen-bond donors (Lipinski definition) is 2. The van der Waals surface area contributed by atoms with Crippen molar-refractivity contribution in [3.05, 3.63) is 18.2 Å². The van der Waals surface area contributed by atoms with Crippen LogP contribution in [0.4, 0.5) is 16.2 Å². The van der Waals surface area contributed by atoms with Crippen LogP contribution < -0.4 is 15.4 Å². The fourth-order valence-electron chi connectivity index (χ4n) is 2.19. The van der Waals surface area contributed by atoms with Gasteiger partial charge in [-0.15, -0.1) is 0 Å². The number of rotatable bonds is 3. The molecule has 0 atom stereocenters. The molecule has 1 saturated carbocycles. The number of carboxylic acid groups (broad SMARTS) is 1. The standard InChI is InChI=1S/C13H18N2O3/c1-15(13(16)17)12-8-10(6-7-11(12)14)18-9-4-2-3-5-9/h6-9H,2-5,14H2,1H3,(H,16,17). The first-order chi connectivity index (χ1) is 8.58. The van der Waals surface area contributed by atoms with Crippen LogP contribution in [0.1, 0.15) is 25.7 Å². The van der Waals surface area contributed by atoms with Gasteiger partial charge in [0.2, 0.25) is 0 Å². The first-order valence-corrected chi connectivity index (χ1v) is 6.11. The van der Waals surface area contributed by atoms with Gasteiger partial charge in [0.1, 0.15) is 5.75 Å². The monoisotopic (exact) mass is 250 g/mol. The van der Waals surface area contributed by atoms with Gasteiger partial charge in [0, 0.05) is 13.1 Å². The maximum absolute atomic E-state index is 10.9. The van der Waals surface area contributed by atoms with Crippen LogP contribution in [-0.2, 0) is 0 Å². The lowest BCUT2D eigenvalue weighted by molar-refractivity contribution is 0.203. The average Bonchev–Trinajstić information content (AvgIpc) is 2.83. The molecule has 0 aromatic heterocycles. The van der Waals surface area contributed by atoms with E-state index in [2.05, 4.69) is 0 Å². The highest BCUT2D eigenvalue weighted by molar-refractivity contribution is 5.90. The predicted molar refractivity (Wildman–Crippen MR) is 70.2 cm³/mol. The SMILES string of the molecule is CN(C(=O)O)c1cc(OC2CCCC2)ccc1N. The van der Waals surface area contributed by atoms with Crippen LogP contribution in [0.15, 0.2) is 18.2 Å². The first-order valence-electron chi connectivity index (χ1n) is 6.11. The Bertz CT molecular complexity index is 442. The van der Waals surface area contributed by atoms with Crippen LogP contribution in [0.2, 0.25) is 0 Å². The van der Waals surface area contributed by atoms with E-state index in [1.165, 1.54) is 19.9 Å². The van der Waals surface area contributed by atoms with Gasteiger partial charge in [-0.2, -0.15) is 0 Å². The molecule has 0 saturated heterocycles. The zero-order valence-corrected chi connectivity index (χ0v) is 10.4. The molecule has 0 bridgehead atoms. The Morgan fingerprint density at radius 2 is 2.11 bits per heavy atom. The number of hydrogen-bond acceptors (Lipinski definition) is 3. The Morgan fingerprint density at radius 1 is 1.44 bits per heavy atom. The van der Waals surface area contributed by atoms with Crippen molar-refractivity contribution in [2.75, 3.05) is 17.7 Å². The lowest BCUT2D eigenvalue weighted by Gasteiger charge is -2.18. The summed E-state index contributed by atoms with van der Waals surface area (Å²) >= 11 is 0. The molecule has 18 heavy (non-hydrogen) atoms. The second-order valence-corrected chi connectivity index (χ2v) is 4.59. The van der Waals surface area contributed by atoms with Gasteiger partial charge in [0.05, 0.1) is 17.5 Å². The summed E-state index contributed by atoms with van der Waals surface area (Å²) in [4.78, 5) is 12.0. The molecule has 1 aliphatic carbocycles. The molecule has 1 fully saturated rings. The van der Waals surface area contributed by atoms with Crippen molar-refractivity contribution in [2.45, 2.75) is 31.8 Å². The smallest absolute Gasteiger partial charge is 0.411 e. The third kappa shape index (κ3) is 2.67. The molecule has 1 aliphatic rings. The van der Waals surface area contributed by atoms with E-state index in [-0.39, 0.29) is 6.10 Å². The highest BCUT2D eigenvalue weighted by Crippen LogP contribution is 2.30. The minimum absolute atomic E-state index is 0.247. The molecule has 5 nitrogen and oxygen atoms in total. The van der Waals surface area contributed by atoms with E-state index < -0.39 is 6.09 Å².